The summed E-state index contributed by atoms with van der Waals surface area (Å²) in [6.45, 7) is 4.38. The van der Waals surface area contributed by atoms with Gasteiger partial charge in [-0.2, -0.15) is 0 Å². The Labute approximate surface area is 79.3 Å². The van der Waals surface area contributed by atoms with Crippen molar-refractivity contribution in [3.05, 3.63) is 0 Å². The Morgan fingerprint density at radius 2 is 2.23 bits per heavy atom. The van der Waals surface area contributed by atoms with Crippen LogP contribution in [0.4, 0.5) is 4.79 Å². The number of amides is 1. The fraction of sp³-hybridized carbons (Fsp3) is 0.889. The lowest BCUT2D eigenvalue weighted by Crippen LogP contribution is -2.27. The van der Waals surface area contributed by atoms with Crippen LogP contribution in [-0.2, 0) is 4.74 Å². The Hall–Kier alpha value is -0.770. The molecule has 0 radical (unpaired) electrons. The Morgan fingerprint density at radius 1 is 1.54 bits per heavy atom. The van der Waals surface area contributed by atoms with Crippen LogP contribution in [0.5, 0.6) is 0 Å². The zero-order chi connectivity index (χ0) is 10.1. The summed E-state index contributed by atoms with van der Waals surface area (Å²) in [5, 5.41) is 11.4. The first-order valence-corrected chi connectivity index (χ1v) is 4.75. The molecule has 0 aromatic rings. The number of carbonyl (C=O) groups is 1. The summed E-state index contributed by atoms with van der Waals surface area (Å²) in [6, 6.07) is 0. The second-order valence-corrected chi connectivity index (χ2v) is 3.08. The largest absolute Gasteiger partial charge is 0.447 e. The molecule has 0 saturated carbocycles. The molecule has 0 rings (SSSR count). The Kier molecular flexibility index (Phi) is 7.39. The highest BCUT2D eigenvalue weighted by Crippen LogP contribution is 1.91. The number of carbonyl (C=O) groups excluding carboxylic acids is 1. The van der Waals surface area contributed by atoms with Crippen molar-refractivity contribution in [2.45, 2.75) is 39.2 Å². The van der Waals surface area contributed by atoms with E-state index in [1.807, 2.05) is 0 Å². The molecule has 0 spiro atoms. The van der Waals surface area contributed by atoms with Gasteiger partial charge in [0.15, 0.2) is 0 Å². The van der Waals surface area contributed by atoms with Crippen molar-refractivity contribution in [1.82, 2.24) is 5.32 Å². The summed E-state index contributed by atoms with van der Waals surface area (Å²) in [7, 11) is 0. The molecule has 0 aliphatic rings. The first-order chi connectivity index (χ1) is 6.16. The topological polar surface area (TPSA) is 58.6 Å². The molecule has 0 saturated heterocycles. The molecular formula is C9H19NO3. The molecule has 0 aliphatic carbocycles. The number of aliphatic hydroxyl groups excluding tert-OH is 1. The van der Waals surface area contributed by atoms with Crippen LogP contribution >= 0.6 is 0 Å². The van der Waals surface area contributed by atoms with Crippen LogP contribution in [0, 0.1) is 0 Å². The number of rotatable bonds is 6. The quantitative estimate of drug-likeness (QED) is 0.619. The van der Waals surface area contributed by atoms with Crippen LogP contribution in [0.3, 0.4) is 0 Å². The third kappa shape index (κ3) is 9.14. The Bertz CT molecular complexity index is 137. The van der Waals surface area contributed by atoms with Gasteiger partial charge in [0.25, 0.3) is 0 Å². The van der Waals surface area contributed by atoms with Crippen LogP contribution in [0.2, 0.25) is 0 Å². The van der Waals surface area contributed by atoms with Crippen molar-refractivity contribution in [1.29, 1.82) is 0 Å². The van der Waals surface area contributed by atoms with E-state index < -0.39 is 12.2 Å². The molecule has 13 heavy (non-hydrogen) atoms. The maximum atomic E-state index is 10.9. The number of alkyl carbamates (subject to hydrolysis) is 1. The second-order valence-electron chi connectivity index (χ2n) is 3.08. The van der Waals surface area contributed by atoms with Crippen molar-refractivity contribution in [3.8, 4) is 0 Å². The SMILES string of the molecule is CCCCCNC(=O)OCC(C)O. The molecule has 1 amide bonds. The lowest BCUT2D eigenvalue weighted by molar-refractivity contribution is 0.0780. The van der Waals surface area contributed by atoms with Gasteiger partial charge < -0.3 is 15.2 Å². The highest BCUT2D eigenvalue weighted by Gasteiger charge is 2.02. The molecule has 2 N–H and O–H groups in total. The highest BCUT2D eigenvalue weighted by molar-refractivity contribution is 5.66. The third-order valence-corrected chi connectivity index (χ3v) is 1.51. The van der Waals surface area contributed by atoms with E-state index in [9.17, 15) is 4.79 Å². The average Bonchev–Trinajstić information content (AvgIpc) is 2.09. The second kappa shape index (κ2) is 7.86. The van der Waals surface area contributed by atoms with Gasteiger partial charge in [-0.1, -0.05) is 19.8 Å². The van der Waals surface area contributed by atoms with Crippen molar-refractivity contribution < 1.29 is 14.6 Å². The summed E-state index contributed by atoms with van der Waals surface area (Å²) in [6.07, 6.45) is 2.17. The number of hydrogen-bond donors (Lipinski definition) is 2. The highest BCUT2D eigenvalue weighted by atomic mass is 16.6. The summed E-state index contributed by atoms with van der Waals surface area (Å²) < 4.78 is 4.68. The van der Waals surface area contributed by atoms with Crippen LogP contribution in [0.1, 0.15) is 33.1 Å². The fourth-order valence-corrected chi connectivity index (χ4v) is 0.813. The normalized spacial score (nSPS) is 12.2. The standard InChI is InChI=1S/C9H19NO3/c1-3-4-5-6-10-9(12)13-7-8(2)11/h8,11H,3-7H2,1-2H3,(H,10,12). The molecule has 1 unspecified atom stereocenters. The summed E-state index contributed by atoms with van der Waals surface area (Å²) in [5.41, 5.74) is 0. The summed E-state index contributed by atoms with van der Waals surface area (Å²) >= 11 is 0. The predicted molar refractivity (Wildman–Crippen MR) is 50.6 cm³/mol. The molecule has 4 heteroatoms. The molecule has 78 valence electrons. The average molecular weight is 189 g/mol. The first kappa shape index (κ1) is 12.2. The van der Waals surface area contributed by atoms with E-state index >= 15 is 0 Å². The van der Waals surface area contributed by atoms with Crippen LogP contribution < -0.4 is 5.32 Å². The van der Waals surface area contributed by atoms with Gasteiger partial charge in [0.2, 0.25) is 0 Å². The molecule has 0 aromatic carbocycles. The van der Waals surface area contributed by atoms with Crippen molar-refractivity contribution >= 4 is 6.09 Å². The molecule has 1 atom stereocenters. The van der Waals surface area contributed by atoms with E-state index in [2.05, 4.69) is 17.0 Å². The zero-order valence-electron chi connectivity index (χ0n) is 8.38. The molecular weight excluding hydrogens is 170 g/mol. The van der Waals surface area contributed by atoms with Gasteiger partial charge in [-0.05, 0) is 13.3 Å². The summed E-state index contributed by atoms with van der Waals surface area (Å²) in [4.78, 5) is 10.9. The van der Waals surface area contributed by atoms with Crippen molar-refractivity contribution in [2.75, 3.05) is 13.2 Å². The number of aliphatic hydroxyl groups is 1. The minimum absolute atomic E-state index is 0.0552. The van der Waals surface area contributed by atoms with E-state index in [-0.39, 0.29) is 6.61 Å². The number of nitrogens with one attached hydrogen (secondary N) is 1. The smallest absolute Gasteiger partial charge is 0.407 e. The van der Waals surface area contributed by atoms with Crippen LogP contribution in [0.15, 0.2) is 0 Å². The molecule has 0 aromatic heterocycles. The molecule has 4 nitrogen and oxygen atoms in total. The van der Waals surface area contributed by atoms with E-state index in [0.717, 1.165) is 19.3 Å². The number of ether oxygens (including phenoxy) is 1. The molecule has 0 heterocycles. The van der Waals surface area contributed by atoms with Gasteiger partial charge >= 0.3 is 6.09 Å². The third-order valence-electron chi connectivity index (χ3n) is 1.51. The van der Waals surface area contributed by atoms with Crippen molar-refractivity contribution in [3.63, 3.8) is 0 Å². The Morgan fingerprint density at radius 3 is 2.77 bits per heavy atom. The monoisotopic (exact) mass is 189 g/mol. The molecule has 0 aliphatic heterocycles. The van der Waals surface area contributed by atoms with Gasteiger partial charge in [0, 0.05) is 6.54 Å². The summed E-state index contributed by atoms with van der Waals surface area (Å²) in [5.74, 6) is 0. The van der Waals surface area contributed by atoms with Crippen LogP contribution in [-0.4, -0.2) is 30.5 Å². The van der Waals surface area contributed by atoms with Gasteiger partial charge in [-0.3, -0.25) is 0 Å². The molecule has 0 bridgehead atoms. The lowest BCUT2D eigenvalue weighted by atomic mass is 10.2. The minimum atomic E-state index is -0.596. The van der Waals surface area contributed by atoms with Gasteiger partial charge in [-0.15, -0.1) is 0 Å². The minimum Gasteiger partial charge on any atom is -0.447 e. The number of hydrogen-bond acceptors (Lipinski definition) is 3. The number of unbranched alkanes of at least 4 members (excludes halogenated alkanes) is 2. The predicted octanol–water partition coefficient (Wildman–Crippen LogP) is 1.28. The first-order valence-electron chi connectivity index (χ1n) is 4.75. The molecule has 0 fully saturated rings. The Balaban J connectivity index is 3.20. The van der Waals surface area contributed by atoms with E-state index in [1.54, 1.807) is 6.92 Å². The maximum Gasteiger partial charge on any atom is 0.407 e. The fourth-order valence-electron chi connectivity index (χ4n) is 0.813. The van der Waals surface area contributed by atoms with Gasteiger partial charge in [0.1, 0.15) is 6.61 Å². The lowest BCUT2D eigenvalue weighted by Gasteiger charge is -2.07. The van der Waals surface area contributed by atoms with Gasteiger partial charge in [-0.25, -0.2) is 4.79 Å². The van der Waals surface area contributed by atoms with Gasteiger partial charge in [0.05, 0.1) is 6.10 Å². The maximum absolute atomic E-state index is 10.9. The van der Waals surface area contributed by atoms with E-state index in [1.165, 1.54) is 0 Å². The van der Waals surface area contributed by atoms with E-state index in [0.29, 0.717) is 6.54 Å². The van der Waals surface area contributed by atoms with E-state index in [4.69, 9.17) is 5.11 Å². The zero-order valence-corrected chi connectivity index (χ0v) is 8.38. The van der Waals surface area contributed by atoms with Crippen LogP contribution in [0.25, 0.3) is 0 Å². The van der Waals surface area contributed by atoms with Crippen molar-refractivity contribution in [2.24, 2.45) is 0 Å².